The van der Waals surface area contributed by atoms with Gasteiger partial charge in [-0.15, -0.1) is 0 Å². The fourth-order valence-electron chi connectivity index (χ4n) is 2.87. The van der Waals surface area contributed by atoms with Crippen molar-refractivity contribution in [1.29, 1.82) is 0 Å². The lowest BCUT2D eigenvalue weighted by atomic mass is 10.0. The lowest BCUT2D eigenvalue weighted by molar-refractivity contribution is -0.121. The first kappa shape index (κ1) is 18.6. The molecule has 1 N–H and O–H groups in total. The molecule has 1 atom stereocenters. The number of carbonyl (C=O) groups excluding carboxylic acids is 1. The van der Waals surface area contributed by atoms with Crippen LogP contribution in [0.25, 0.3) is 0 Å². The highest BCUT2D eigenvalue weighted by Crippen LogP contribution is 2.30. The van der Waals surface area contributed by atoms with Gasteiger partial charge in [0.2, 0.25) is 5.91 Å². The van der Waals surface area contributed by atoms with E-state index >= 15 is 0 Å². The molecular weight excluding hydrogens is 302 g/mol. The molecule has 1 aliphatic heterocycles. The largest absolute Gasteiger partial charge is 0.490 e. The Morgan fingerprint density at radius 1 is 1.12 bits per heavy atom. The van der Waals surface area contributed by atoms with Crippen molar-refractivity contribution in [2.45, 2.75) is 65.3 Å². The van der Waals surface area contributed by atoms with Gasteiger partial charge in [0.15, 0.2) is 11.5 Å². The summed E-state index contributed by atoms with van der Waals surface area (Å²) in [5.41, 5.74) is 1.11. The minimum Gasteiger partial charge on any atom is -0.490 e. The molecule has 1 amide bonds. The molecule has 0 saturated carbocycles. The van der Waals surface area contributed by atoms with Crippen molar-refractivity contribution in [2.75, 3.05) is 13.2 Å². The van der Waals surface area contributed by atoms with Crippen molar-refractivity contribution in [3.63, 3.8) is 0 Å². The molecule has 24 heavy (non-hydrogen) atoms. The minimum atomic E-state index is 0.124. The third kappa shape index (κ3) is 6.42. The minimum absolute atomic E-state index is 0.124. The Labute approximate surface area is 145 Å². The van der Waals surface area contributed by atoms with Gasteiger partial charge in [-0.2, -0.15) is 0 Å². The quantitative estimate of drug-likeness (QED) is 0.779. The number of fused-ring (bicyclic) bond motifs is 1. The Morgan fingerprint density at radius 2 is 1.88 bits per heavy atom. The maximum atomic E-state index is 12.1. The normalized spacial score (nSPS) is 15.0. The number of benzene rings is 1. The molecule has 0 aromatic heterocycles. The zero-order valence-corrected chi connectivity index (χ0v) is 15.3. The van der Waals surface area contributed by atoms with Crippen LogP contribution in [0.1, 0.15) is 58.4 Å². The fourth-order valence-corrected chi connectivity index (χ4v) is 2.87. The van der Waals surface area contributed by atoms with Crippen LogP contribution >= 0.6 is 0 Å². The van der Waals surface area contributed by atoms with E-state index in [0.717, 1.165) is 42.2 Å². The van der Waals surface area contributed by atoms with E-state index in [2.05, 4.69) is 26.1 Å². The molecule has 4 nitrogen and oxygen atoms in total. The van der Waals surface area contributed by atoms with Gasteiger partial charge in [-0.1, -0.05) is 32.8 Å². The van der Waals surface area contributed by atoms with Crippen LogP contribution in [0.4, 0.5) is 0 Å². The summed E-state index contributed by atoms with van der Waals surface area (Å²) in [6.45, 7) is 7.94. The first-order chi connectivity index (χ1) is 11.5. The van der Waals surface area contributed by atoms with Crippen LogP contribution in [-0.4, -0.2) is 25.2 Å². The number of nitrogens with one attached hydrogen (secondary N) is 1. The van der Waals surface area contributed by atoms with Gasteiger partial charge >= 0.3 is 0 Å². The Morgan fingerprint density at radius 3 is 2.62 bits per heavy atom. The van der Waals surface area contributed by atoms with Gasteiger partial charge in [-0.3, -0.25) is 4.79 Å². The van der Waals surface area contributed by atoms with Crippen LogP contribution in [0.5, 0.6) is 11.5 Å². The lowest BCUT2D eigenvalue weighted by Gasteiger charge is -2.15. The molecule has 0 bridgehead atoms. The number of amides is 1. The van der Waals surface area contributed by atoms with Crippen LogP contribution in [0.15, 0.2) is 18.2 Å². The first-order valence-electron chi connectivity index (χ1n) is 9.22. The van der Waals surface area contributed by atoms with Gasteiger partial charge in [-0.05, 0) is 43.4 Å². The van der Waals surface area contributed by atoms with Gasteiger partial charge in [0, 0.05) is 18.9 Å². The van der Waals surface area contributed by atoms with Crippen molar-refractivity contribution in [1.82, 2.24) is 5.32 Å². The predicted octanol–water partition coefficient (Wildman–Crippen LogP) is 4.11. The number of hydrogen-bond acceptors (Lipinski definition) is 3. The van der Waals surface area contributed by atoms with E-state index < -0.39 is 0 Å². The summed E-state index contributed by atoms with van der Waals surface area (Å²) in [7, 11) is 0. The third-order valence-electron chi connectivity index (χ3n) is 4.28. The predicted molar refractivity (Wildman–Crippen MR) is 96.7 cm³/mol. The van der Waals surface area contributed by atoms with Gasteiger partial charge in [0.1, 0.15) is 0 Å². The highest BCUT2D eigenvalue weighted by atomic mass is 16.5. The van der Waals surface area contributed by atoms with Crippen molar-refractivity contribution in [3.8, 4) is 11.5 Å². The Balaban J connectivity index is 1.74. The lowest BCUT2D eigenvalue weighted by Crippen LogP contribution is -2.32. The van der Waals surface area contributed by atoms with E-state index in [4.69, 9.17) is 9.47 Å². The van der Waals surface area contributed by atoms with Crippen molar-refractivity contribution < 1.29 is 14.3 Å². The molecule has 0 aliphatic carbocycles. The smallest absolute Gasteiger partial charge is 0.220 e. The molecule has 134 valence electrons. The fraction of sp³-hybridized carbons (Fsp3) is 0.650. The van der Waals surface area contributed by atoms with Crippen LogP contribution in [0.2, 0.25) is 0 Å². The van der Waals surface area contributed by atoms with E-state index in [-0.39, 0.29) is 11.9 Å². The van der Waals surface area contributed by atoms with Crippen molar-refractivity contribution >= 4 is 5.91 Å². The van der Waals surface area contributed by atoms with Crippen LogP contribution in [-0.2, 0) is 11.2 Å². The highest BCUT2D eigenvalue weighted by Gasteiger charge is 2.12. The molecular formula is C20H31NO3. The van der Waals surface area contributed by atoms with E-state index in [1.165, 1.54) is 12.8 Å². The molecule has 0 spiro atoms. The molecule has 1 aromatic rings. The summed E-state index contributed by atoms with van der Waals surface area (Å²) in [4.78, 5) is 12.1. The molecule has 4 heteroatoms. The summed E-state index contributed by atoms with van der Waals surface area (Å²) in [5, 5.41) is 3.10. The first-order valence-corrected chi connectivity index (χ1v) is 9.22. The summed E-state index contributed by atoms with van der Waals surface area (Å²) in [6.07, 6.45) is 5.57. The maximum Gasteiger partial charge on any atom is 0.220 e. The molecule has 2 rings (SSSR count). The third-order valence-corrected chi connectivity index (χ3v) is 4.28. The van der Waals surface area contributed by atoms with Crippen molar-refractivity contribution in [3.05, 3.63) is 23.8 Å². The van der Waals surface area contributed by atoms with Crippen LogP contribution in [0.3, 0.4) is 0 Å². The van der Waals surface area contributed by atoms with Crippen molar-refractivity contribution in [2.24, 2.45) is 5.92 Å². The Bertz CT molecular complexity index is 528. The molecule has 1 aliphatic rings. The molecule has 0 fully saturated rings. The SMILES string of the molecule is CC(C)CCCC(C)NC(=O)CCc1ccc2c(c1)OCCCO2. The molecule has 1 unspecified atom stereocenters. The van der Waals surface area contributed by atoms with E-state index in [1.54, 1.807) is 0 Å². The highest BCUT2D eigenvalue weighted by molar-refractivity contribution is 5.76. The number of rotatable bonds is 8. The summed E-state index contributed by atoms with van der Waals surface area (Å²) >= 11 is 0. The number of hydrogen-bond donors (Lipinski definition) is 1. The molecule has 1 heterocycles. The maximum absolute atomic E-state index is 12.1. The summed E-state index contributed by atoms with van der Waals surface area (Å²) < 4.78 is 11.3. The Hall–Kier alpha value is -1.71. The van der Waals surface area contributed by atoms with E-state index in [0.29, 0.717) is 19.6 Å². The molecule has 1 aromatic carbocycles. The van der Waals surface area contributed by atoms with Gasteiger partial charge in [-0.25, -0.2) is 0 Å². The summed E-state index contributed by atoms with van der Waals surface area (Å²) in [5.74, 6) is 2.46. The monoisotopic (exact) mass is 333 g/mol. The number of ether oxygens (including phenoxy) is 2. The Kier molecular flexibility index (Phi) is 7.41. The average Bonchev–Trinajstić information content (AvgIpc) is 2.77. The van der Waals surface area contributed by atoms with Crippen LogP contribution < -0.4 is 14.8 Å². The number of aryl methyl sites for hydroxylation is 1. The van der Waals surface area contributed by atoms with E-state index in [9.17, 15) is 4.79 Å². The topological polar surface area (TPSA) is 47.6 Å². The van der Waals surface area contributed by atoms with Crippen LogP contribution in [0, 0.1) is 5.92 Å². The zero-order chi connectivity index (χ0) is 17.4. The van der Waals surface area contributed by atoms with Gasteiger partial charge in [0.25, 0.3) is 0 Å². The second kappa shape index (κ2) is 9.55. The van der Waals surface area contributed by atoms with Gasteiger partial charge in [0.05, 0.1) is 13.2 Å². The molecule has 0 radical (unpaired) electrons. The second-order valence-electron chi connectivity index (χ2n) is 7.12. The average molecular weight is 333 g/mol. The summed E-state index contributed by atoms with van der Waals surface area (Å²) in [6, 6.07) is 6.22. The zero-order valence-electron chi connectivity index (χ0n) is 15.3. The van der Waals surface area contributed by atoms with Gasteiger partial charge < -0.3 is 14.8 Å². The second-order valence-corrected chi connectivity index (χ2v) is 7.12. The number of carbonyl (C=O) groups is 1. The molecule has 0 saturated heterocycles. The standard InChI is InChI=1S/C20H31NO3/c1-15(2)6-4-7-16(3)21-20(22)11-9-17-8-10-18-19(14-17)24-13-5-12-23-18/h8,10,14-16H,4-7,9,11-13H2,1-3H3,(H,21,22). The van der Waals surface area contributed by atoms with E-state index in [1.807, 2.05) is 18.2 Å².